The van der Waals surface area contributed by atoms with E-state index >= 15 is 0 Å². The minimum absolute atomic E-state index is 0.0636. The second-order valence-electron chi connectivity index (χ2n) is 7.73. The quantitative estimate of drug-likeness (QED) is 0.916. The molecule has 3 heterocycles. The SMILES string of the molecule is Cc1cnc(N2CCC[C@]3(CO[C@H](C(=O)NC4CCC4)C3)C2)nc1. The molecule has 6 nitrogen and oxygen atoms in total. The molecule has 1 aromatic heterocycles. The van der Waals surface area contributed by atoms with Gasteiger partial charge in [0.25, 0.3) is 0 Å². The lowest BCUT2D eigenvalue weighted by molar-refractivity contribution is -0.131. The molecule has 1 aliphatic carbocycles. The molecular formula is C18H26N4O2. The molecule has 1 N–H and O–H groups in total. The number of aryl methyl sites for hydroxylation is 1. The Labute approximate surface area is 143 Å². The highest BCUT2D eigenvalue weighted by atomic mass is 16.5. The summed E-state index contributed by atoms with van der Waals surface area (Å²) in [6.45, 7) is 4.52. The maximum Gasteiger partial charge on any atom is 0.249 e. The molecule has 0 radical (unpaired) electrons. The Bertz CT molecular complexity index is 602. The van der Waals surface area contributed by atoms with E-state index in [0.717, 1.165) is 56.7 Å². The van der Waals surface area contributed by atoms with Gasteiger partial charge in [0.15, 0.2) is 0 Å². The van der Waals surface area contributed by atoms with E-state index in [1.807, 2.05) is 19.3 Å². The Morgan fingerprint density at radius 2 is 2.12 bits per heavy atom. The number of carbonyl (C=O) groups excluding carboxylic acids is 1. The van der Waals surface area contributed by atoms with E-state index in [-0.39, 0.29) is 17.4 Å². The van der Waals surface area contributed by atoms with E-state index < -0.39 is 0 Å². The summed E-state index contributed by atoms with van der Waals surface area (Å²) in [7, 11) is 0. The predicted octanol–water partition coefficient (Wildman–Crippen LogP) is 1.83. The van der Waals surface area contributed by atoms with Crippen molar-refractivity contribution in [3.63, 3.8) is 0 Å². The highest BCUT2D eigenvalue weighted by Gasteiger charge is 2.46. The van der Waals surface area contributed by atoms with Crippen LogP contribution >= 0.6 is 0 Å². The molecule has 1 aromatic rings. The van der Waals surface area contributed by atoms with Crippen molar-refractivity contribution in [2.24, 2.45) is 5.41 Å². The highest BCUT2D eigenvalue weighted by molar-refractivity contribution is 5.81. The molecular weight excluding hydrogens is 304 g/mol. The number of piperidine rings is 1. The first-order chi connectivity index (χ1) is 11.6. The number of hydrogen-bond donors (Lipinski definition) is 1. The number of ether oxygens (including phenoxy) is 1. The highest BCUT2D eigenvalue weighted by Crippen LogP contribution is 2.41. The van der Waals surface area contributed by atoms with Crippen molar-refractivity contribution in [2.75, 3.05) is 24.6 Å². The lowest BCUT2D eigenvalue weighted by Gasteiger charge is -2.39. The summed E-state index contributed by atoms with van der Waals surface area (Å²) in [5.74, 6) is 0.877. The minimum Gasteiger partial charge on any atom is -0.368 e. The number of amides is 1. The Balaban J connectivity index is 1.39. The topological polar surface area (TPSA) is 67.4 Å². The molecule has 1 saturated carbocycles. The van der Waals surface area contributed by atoms with Gasteiger partial charge in [-0.2, -0.15) is 0 Å². The van der Waals surface area contributed by atoms with E-state index in [9.17, 15) is 4.79 Å². The molecule has 24 heavy (non-hydrogen) atoms. The standard InChI is InChI=1S/C18H26N4O2/c1-13-9-19-17(20-10-13)22-7-3-6-18(11-22)8-15(24-12-18)16(23)21-14-4-2-5-14/h9-10,14-15H,2-8,11-12H2,1H3,(H,21,23)/t15-,18+/m0/s1. The summed E-state index contributed by atoms with van der Waals surface area (Å²) in [6.07, 6.45) is 9.92. The van der Waals surface area contributed by atoms with Crippen LogP contribution in [0.15, 0.2) is 12.4 Å². The van der Waals surface area contributed by atoms with E-state index in [1.165, 1.54) is 6.42 Å². The molecule has 130 valence electrons. The van der Waals surface area contributed by atoms with Gasteiger partial charge in [0.2, 0.25) is 11.9 Å². The number of nitrogens with one attached hydrogen (secondary N) is 1. The second kappa shape index (κ2) is 6.31. The van der Waals surface area contributed by atoms with E-state index in [4.69, 9.17) is 4.74 Å². The lowest BCUT2D eigenvalue weighted by Crippen LogP contribution is -2.46. The fourth-order valence-corrected chi connectivity index (χ4v) is 4.02. The van der Waals surface area contributed by atoms with Crippen LogP contribution in [0.1, 0.15) is 44.1 Å². The molecule has 0 unspecified atom stereocenters. The zero-order valence-electron chi connectivity index (χ0n) is 14.3. The summed E-state index contributed by atoms with van der Waals surface area (Å²) in [4.78, 5) is 23.6. The van der Waals surface area contributed by atoms with Crippen LogP contribution in [0.4, 0.5) is 5.95 Å². The maximum absolute atomic E-state index is 12.4. The molecule has 1 amide bonds. The lowest BCUT2D eigenvalue weighted by atomic mass is 9.78. The van der Waals surface area contributed by atoms with Crippen molar-refractivity contribution in [2.45, 2.75) is 57.6 Å². The summed E-state index contributed by atoms with van der Waals surface area (Å²) >= 11 is 0. The van der Waals surface area contributed by atoms with Gasteiger partial charge < -0.3 is 15.0 Å². The van der Waals surface area contributed by atoms with Crippen molar-refractivity contribution in [3.8, 4) is 0 Å². The van der Waals surface area contributed by atoms with E-state index in [2.05, 4.69) is 20.2 Å². The van der Waals surface area contributed by atoms with Gasteiger partial charge in [-0.25, -0.2) is 9.97 Å². The second-order valence-corrected chi connectivity index (χ2v) is 7.73. The van der Waals surface area contributed by atoms with Gasteiger partial charge in [0.05, 0.1) is 6.61 Å². The monoisotopic (exact) mass is 330 g/mol. The van der Waals surface area contributed by atoms with Gasteiger partial charge in [-0.1, -0.05) is 0 Å². The fraction of sp³-hybridized carbons (Fsp3) is 0.722. The van der Waals surface area contributed by atoms with Crippen molar-refractivity contribution >= 4 is 11.9 Å². The molecule has 0 bridgehead atoms. The third kappa shape index (κ3) is 3.11. The molecule has 3 fully saturated rings. The number of aromatic nitrogens is 2. The van der Waals surface area contributed by atoms with Crippen molar-refractivity contribution < 1.29 is 9.53 Å². The summed E-state index contributed by atoms with van der Waals surface area (Å²) in [6, 6.07) is 0.376. The van der Waals surface area contributed by atoms with Crippen LogP contribution in [0.2, 0.25) is 0 Å². The van der Waals surface area contributed by atoms with Gasteiger partial charge in [-0.3, -0.25) is 4.79 Å². The number of hydrogen-bond acceptors (Lipinski definition) is 5. The van der Waals surface area contributed by atoms with E-state index in [1.54, 1.807) is 0 Å². The van der Waals surface area contributed by atoms with Gasteiger partial charge in [0.1, 0.15) is 6.10 Å². The van der Waals surface area contributed by atoms with Crippen LogP contribution in [0.3, 0.4) is 0 Å². The van der Waals surface area contributed by atoms with Crippen molar-refractivity contribution in [3.05, 3.63) is 18.0 Å². The van der Waals surface area contributed by atoms with E-state index in [0.29, 0.717) is 12.6 Å². The molecule has 2 aliphatic heterocycles. The average Bonchev–Trinajstić information content (AvgIpc) is 2.95. The normalized spacial score (nSPS) is 30.4. The van der Waals surface area contributed by atoms with Gasteiger partial charge in [-0.15, -0.1) is 0 Å². The van der Waals surface area contributed by atoms with Crippen LogP contribution in [-0.4, -0.2) is 47.7 Å². The minimum atomic E-state index is -0.288. The van der Waals surface area contributed by atoms with Gasteiger partial charge >= 0.3 is 0 Å². The summed E-state index contributed by atoms with van der Waals surface area (Å²) in [5, 5.41) is 3.13. The average molecular weight is 330 g/mol. The number of nitrogens with zero attached hydrogens (tertiary/aromatic N) is 3. The Morgan fingerprint density at radius 3 is 2.83 bits per heavy atom. The smallest absolute Gasteiger partial charge is 0.249 e. The van der Waals surface area contributed by atoms with Gasteiger partial charge in [-0.05, 0) is 51.0 Å². The van der Waals surface area contributed by atoms with Crippen molar-refractivity contribution in [1.29, 1.82) is 0 Å². The molecule has 2 atom stereocenters. The molecule has 6 heteroatoms. The zero-order chi connectivity index (χ0) is 16.6. The van der Waals surface area contributed by atoms with Gasteiger partial charge in [0, 0.05) is 36.9 Å². The Hall–Kier alpha value is -1.69. The molecule has 4 rings (SSSR count). The number of anilines is 1. The molecule has 2 saturated heterocycles. The van der Waals surface area contributed by atoms with Crippen LogP contribution in [0.25, 0.3) is 0 Å². The predicted molar refractivity (Wildman–Crippen MR) is 90.8 cm³/mol. The zero-order valence-corrected chi connectivity index (χ0v) is 14.3. The molecule has 1 spiro atoms. The summed E-state index contributed by atoms with van der Waals surface area (Å²) in [5.41, 5.74) is 1.14. The Kier molecular flexibility index (Phi) is 4.16. The Morgan fingerprint density at radius 1 is 1.33 bits per heavy atom. The number of carbonyl (C=O) groups is 1. The van der Waals surface area contributed by atoms with Crippen LogP contribution in [0, 0.1) is 12.3 Å². The van der Waals surface area contributed by atoms with Crippen molar-refractivity contribution in [1.82, 2.24) is 15.3 Å². The first kappa shape index (κ1) is 15.8. The first-order valence-electron chi connectivity index (χ1n) is 9.09. The third-order valence-electron chi connectivity index (χ3n) is 5.66. The molecule has 3 aliphatic rings. The van der Waals surface area contributed by atoms with Crippen LogP contribution in [0.5, 0.6) is 0 Å². The van der Waals surface area contributed by atoms with Crippen LogP contribution in [-0.2, 0) is 9.53 Å². The maximum atomic E-state index is 12.4. The fourth-order valence-electron chi connectivity index (χ4n) is 4.02. The third-order valence-corrected chi connectivity index (χ3v) is 5.66. The summed E-state index contributed by atoms with van der Waals surface area (Å²) < 4.78 is 5.90. The van der Waals surface area contributed by atoms with Crippen LogP contribution < -0.4 is 10.2 Å². The molecule has 0 aromatic carbocycles. The first-order valence-corrected chi connectivity index (χ1v) is 9.09. The largest absolute Gasteiger partial charge is 0.368 e. The number of rotatable bonds is 3.